The van der Waals surface area contributed by atoms with Gasteiger partial charge in [0.15, 0.2) is 5.96 Å². The van der Waals surface area contributed by atoms with Crippen LogP contribution in [0.15, 0.2) is 35.3 Å². The first-order chi connectivity index (χ1) is 17.0. The number of aliphatic hydroxyl groups is 1. The van der Waals surface area contributed by atoms with E-state index < -0.39 is 42.9 Å². The molecule has 2 aromatic rings. The quantitative estimate of drug-likeness (QED) is 0.197. The van der Waals surface area contributed by atoms with Crippen LogP contribution in [0.4, 0.5) is 5.69 Å². The lowest BCUT2D eigenvalue weighted by molar-refractivity contribution is -0.137. The molecule has 0 fully saturated rings. The van der Waals surface area contributed by atoms with Gasteiger partial charge in [0.05, 0.1) is 35.2 Å². The molecule has 2 atom stereocenters. The van der Waals surface area contributed by atoms with E-state index in [1.165, 1.54) is 30.3 Å². The number of β-amino-alcohol motifs (C(OH)–C–C–N with tert-alkyl or cyclic N) is 1. The standard InChI is InChI=1S/C22H23ClIN5O7/c23-11-3-15(20(35)16(24)4-11)17(6-19(33)34)29-18(32)9-25-21(36)10-1-12(5-13(30)2-10)28-22-26-7-14(31)8-27-22/h1-5,14,17,30-31,35H,6-9H2,(H,25,36)(H,29,32)(H,33,34)(H2,26,27,28)/t17-/m0/s1. The van der Waals surface area contributed by atoms with E-state index in [0.29, 0.717) is 21.8 Å². The van der Waals surface area contributed by atoms with Gasteiger partial charge in [-0.25, -0.2) is 0 Å². The van der Waals surface area contributed by atoms with Crippen LogP contribution >= 0.6 is 34.2 Å². The van der Waals surface area contributed by atoms with Gasteiger partial charge in [0.2, 0.25) is 5.91 Å². The number of aliphatic imine (C=N–C) groups is 1. The van der Waals surface area contributed by atoms with Crippen LogP contribution in [0.1, 0.15) is 28.4 Å². The van der Waals surface area contributed by atoms with E-state index in [1.807, 2.05) is 22.6 Å². The molecule has 36 heavy (non-hydrogen) atoms. The fourth-order valence-electron chi connectivity index (χ4n) is 3.34. The van der Waals surface area contributed by atoms with Crippen LogP contribution in [-0.2, 0) is 9.59 Å². The number of rotatable bonds is 8. The molecular formula is C22H23ClIN5O7. The number of carboxylic acids is 1. The highest BCUT2D eigenvalue weighted by Gasteiger charge is 2.23. The zero-order valence-corrected chi connectivity index (χ0v) is 21.5. The van der Waals surface area contributed by atoms with E-state index in [0.717, 1.165) is 0 Å². The average molecular weight is 632 g/mol. The fourth-order valence-corrected chi connectivity index (χ4v) is 4.40. The lowest BCUT2D eigenvalue weighted by Gasteiger charge is -2.20. The lowest BCUT2D eigenvalue weighted by atomic mass is 10.0. The molecule has 0 bridgehead atoms. The summed E-state index contributed by atoms with van der Waals surface area (Å²) < 4.78 is 0.381. The second kappa shape index (κ2) is 12.1. The third-order valence-corrected chi connectivity index (χ3v) is 6.01. The Hall–Kier alpha value is -3.30. The second-order valence-electron chi connectivity index (χ2n) is 7.84. The van der Waals surface area contributed by atoms with E-state index in [2.05, 4.69) is 26.3 Å². The Bertz CT molecular complexity index is 1210. The van der Waals surface area contributed by atoms with Gasteiger partial charge < -0.3 is 41.7 Å². The van der Waals surface area contributed by atoms with E-state index in [-0.39, 0.29) is 34.2 Å². The van der Waals surface area contributed by atoms with Crippen molar-refractivity contribution in [3.8, 4) is 11.5 Å². The zero-order valence-electron chi connectivity index (χ0n) is 18.6. The van der Waals surface area contributed by atoms with Gasteiger partial charge in [-0.05, 0) is 46.9 Å². The van der Waals surface area contributed by atoms with Gasteiger partial charge in [0, 0.05) is 34.4 Å². The van der Waals surface area contributed by atoms with E-state index in [4.69, 9.17) is 11.6 Å². The highest BCUT2D eigenvalue weighted by Crippen LogP contribution is 2.34. The molecule has 8 N–H and O–H groups in total. The summed E-state index contributed by atoms with van der Waals surface area (Å²) in [5.41, 5.74) is 0.523. The molecule has 1 aliphatic heterocycles. The molecule has 14 heteroatoms. The van der Waals surface area contributed by atoms with Crippen LogP contribution in [0.2, 0.25) is 5.02 Å². The number of hydrogen-bond donors (Lipinski definition) is 8. The van der Waals surface area contributed by atoms with Crippen molar-refractivity contribution in [3.05, 3.63) is 50.1 Å². The predicted octanol–water partition coefficient (Wildman–Crippen LogP) is 1.15. The summed E-state index contributed by atoms with van der Waals surface area (Å²) in [7, 11) is 0. The Kier molecular flexibility index (Phi) is 9.17. The fraction of sp³-hybridized carbons (Fsp3) is 0.273. The Morgan fingerprint density at radius 3 is 2.61 bits per heavy atom. The minimum atomic E-state index is -1.22. The zero-order chi connectivity index (χ0) is 26.4. The SMILES string of the molecule is O=C(O)C[C@H](NC(=O)CNC(=O)c1cc(O)cc(NC2=NCC(O)CN2)c1)c1cc(Cl)cc(I)c1O. The normalized spacial score (nSPS) is 15.8. The molecule has 12 nitrogen and oxygen atoms in total. The van der Waals surface area contributed by atoms with Gasteiger partial charge >= 0.3 is 5.97 Å². The number of nitrogens with one attached hydrogen (secondary N) is 4. The maximum atomic E-state index is 12.6. The van der Waals surface area contributed by atoms with E-state index in [9.17, 15) is 34.8 Å². The second-order valence-corrected chi connectivity index (χ2v) is 9.44. The number of phenols is 2. The molecule has 0 saturated carbocycles. The number of aromatic hydroxyl groups is 2. The predicted molar refractivity (Wildman–Crippen MR) is 139 cm³/mol. The summed E-state index contributed by atoms with van der Waals surface area (Å²) in [6.07, 6.45) is -1.13. The molecule has 0 aliphatic carbocycles. The molecule has 1 aliphatic rings. The molecule has 1 heterocycles. The Balaban J connectivity index is 1.66. The van der Waals surface area contributed by atoms with Crippen molar-refractivity contribution >= 4 is 63.6 Å². The lowest BCUT2D eigenvalue weighted by Crippen LogP contribution is -2.42. The van der Waals surface area contributed by atoms with Crippen molar-refractivity contribution in [1.82, 2.24) is 16.0 Å². The van der Waals surface area contributed by atoms with Crippen molar-refractivity contribution in [3.63, 3.8) is 0 Å². The number of anilines is 1. The van der Waals surface area contributed by atoms with Gasteiger partial charge in [-0.15, -0.1) is 0 Å². The van der Waals surface area contributed by atoms with Gasteiger partial charge in [0.1, 0.15) is 11.5 Å². The first-order valence-corrected chi connectivity index (χ1v) is 12.0. The number of carbonyl (C=O) groups excluding carboxylic acids is 2. The minimum absolute atomic E-state index is 0.0471. The van der Waals surface area contributed by atoms with Crippen molar-refractivity contribution in [2.75, 3.05) is 25.0 Å². The maximum Gasteiger partial charge on any atom is 0.305 e. The number of guanidine groups is 1. The van der Waals surface area contributed by atoms with Crippen molar-refractivity contribution < 1.29 is 34.8 Å². The Morgan fingerprint density at radius 1 is 1.19 bits per heavy atom. The molecule has 192 valence electrons. The number of halogens is 2. The topological polar surface area (TPSA) is 193 Å². The molecular weight excluding hydrogens is 609 g/mol. The van der Waals surface area contributed by atoms with Crippen molar-refractivity contribution in [1.29, 1.82) is 0 Å². The van der Waals surface area contributed by atoms with Gasteiger partial charge in [0.25, 0.3) is 5.91 Å². The molecule has 0 spiro atoms. The van der Waals surface area contributed by atoms with Crippen molar-refractivity contribution in [2.24, 2.45) is 4.99 Å². The van der Waals surface area contributed by atoms with Crippen molar-refractivity contribution in [2.45, 2.75) is 18.6 Å². The number of phenolic OH excluding ortho intramolecular Hbond substituents is 2. The summed E-state index contributed by atoms with van der Waals surface area (Å²) in [6, 6.07) is 5.75. The number of amides is 2. The number of aliphatic hydroxyl groups excluding tert-OH is 1. The maximum absolute atomic E-state index is 12.6. The molecule has 2 aromatic carbocycles. The molecule has 0 saturated heterocycles. The average Bonchev–Trinajstić information content (AvgIpc) is 2.80. The van der Waals surface area contributed by atoms with Crippen LogP contribution in [0.3, 0.4) is 0 Å². The Morgan fingerprint density at radius 2 is 1.94 bits per heavy atom. The summed E-state index contributed by atoms with van der Waals surface area (Å²) in [6.45, 7) is -0.00832. The largest absolute Gasteiger partial charge is 0.508 e. The van der Waals surface area contributed by atoms with Crippen LogP contribution in [0, 0.1) is 3.57 Å². The monoisotopic (exact) mass is 631 g/mol. The Labute approximate surface area is 223 Å². The molecule has 0 radical (unpaired) electrons. The minimum Gasteiger partial charge on any atom is -0.508 e. The molecule has 0 aromatic heterocycles. The third-order valence-electron chi connectivity index (χ3n) is 4.96. The van der Waals surface area contributed by atoms with Crippen LogP contribution in [0.25, 0.3) is 0 Å². The van der Waals surface area contributed by atoms with Gasteiger partial charge in [-0.2, -0.15) is 0 Å². The third kappa shape index (κ3) is 7.60. The summed E-state index contributed by atoms with van der Waals surface area (Å²) in [5.74, 6) is -2.65. The van der Waals surface area contributed by atoms with Crippen LogP contribution in [-0.4, -0.2) is 69.9 Å². The summed E-state index contributed by atoms with van der Waals surface area (Å²) in [5, 5.41) is 50.0. The molecule has 1 unspecified atom stereocenters. The first-order valence-electron chi connectivity index (χ1n) is 10.6. The number of aliphatic carboxylic acids is 1. The van der Waals surface area contributed by atoms with Crippen LogP contribution in [0.5, 0.6) is 11.5 Å². The molecule has 3 rings (SSSR count). The van der Waals surface area contributed by atoms with Gasteiger partial charge in [-0.1, -0.05) is 11.6 Å². The smallest absolute Gasteiger partial charge is 0.305 e. The summed E-state index contributed by atoms with van der Waals surface area (Å²) in [4.78, 5) is 40.5. The van der Waals surface area contributed by atoms with Crippen LogP contribution < -0.4 is 21.3 Å². The number of nitrogens with zero attached hydrogens (tertiary/aromatic N) is 1. The highest BCUT2D eigenvalue weighted by molar-refractivity contribution is 14.1. The number of benzene rings is 2. The van der Waals surface area contributed by atoms with Gasteiger partial charge in [-0.3, -0.25) is 19.4 Å². The summed E-state index contributed by atoms with van der Waals surface area (Å²) >= 11 is 7.85. The number of carbonyl (C=O) groups is 3. The number of hydrogen-bond acceptors (Lipinski definition) is 9. The number of carboxylic acid groups (broad SMARTS) is 1. The highest BCUT2D eigenvalue weighted by atomic mass is 127. The first kappa shape index (κ1) is 27.3. The van der Waals surface area contributed by atoms with E-state index >= 15 is 0 Å². The van der Waals surface area contributed by atoms with E-state index in [1.54, 1.807) is 0 Å². The molecule has 2 amide bonds.